The van der Waals surface area contributed by atoms with Gasteiger partial charge >= 0.3 is 5.97 Å². The van der Waals surface area contributed by atoms with E-state index < -0.39 is 27.3 Å². The van der Waals surface area contributed by atoms with Crippen LogP contribution in [0, 0.1) is 6.92 Å². The monoisotopic (exact) mass is 347 g/mol. The first-order valence-corrected chi connectivity index (χ1v) is 8.86. The average molecular weight is 347 g/mol. The molecule has 6 nitrogen and oxygen atoms in total. The minimum absolute atomic E-state index is 0.319. The van der Waals surface area contributed by atoms with Crippen LogP contribution in [-0.4, -0.2) is 30.6 Å². The standard InChI is InChI=1S/C17H17NO5S/c1-10-7-13(17(20)21)16(19)15(8-10)24(22,23)18-11(2)9-12-5-3-4-6-14(12)18/h3-8,11,19H,9H2,1-2H3,(H,20,21)/t11-/m1/s1. The van der Waals surface area contributed by atoms with E-state index in [0.29, 0.717) is 17.7 Å². The van der Waals surface area contributed by atoms with Crippen molar-refractivity contribution >= 4 is 21.7 Å². The molecule has 0 unspecified atom stereocenters. The second kappa shape index (κ2) is 5.52. The van der Waals surface area contributed by atoms with E-state index in [1.165, 1.54) is 16.4 Å². The first-order chi connectivity index (χ1) is 11.2. The molecule has 0 bridgehead atoms. The molecule has 1 atom stereocenters. The lowest BCUT2D eigenvalue weighted by Gasteiger charge is -2.25. The maximum atomic E-state index is 13.1. The number of anilines is 1. The van der Waals surface area contributed by atoms with E-state index in [9.17, 15) is 23.4 Å². The second-order valence-corrected chi connectivity index (χ2v) is 7.73. The molecule has 0 aliphatic carbocycles. The van der Waals surface area contributed by atoms with Crippen molar-refractivity contribution in [2.45, 2.75) is 31.2 Å². The molecule has 0 amide bonds. The highest BCUT2D eigenvalue weighted by Crippen LogP contribution is 2.39. The Labute approximate surface area is 140 Å². The van der Waals surface area contributed by atoms with Gasteiger partial charge in [0.05, 0.1) is 5.69 Å². The SMILES string of the molecule is Cc1cc(C(=O)O)c(O)c(S(=O)(=O)N2c3ccccc3C[C@H]2C)c1. The van der Waals surface area contributed by atoms with E-state index >= 15 is 0 Å². The molecule has 1 aliphatic rings. The van der Waals surface area contributed by atoms with Crippen LogP contribution >= 0.6 is 0 Å². The fraction of sp³-hybridized carbons (Fsp3) is 0.235. The summed E-state index contributed by atoms with van der Waals surface area (Å²) >= 11 is 0. The van der Waals surface area contributed by atoms with E-state index in [2.05, 4.69) is 0 Å². The Balaban J connectivity index is 2.21. The lowest BCUT2D eigenvalue weighted by molar-refractivity contribution is 0.0693. The molecule has 3 rings (SSSR count). The highest BCUT2D eigenvalue weighted by atomic mass is 32.2. The van der Waals surface area contributed by atoms with Gasteiger partial charge in [0.1, 0.15) is 10.5 Å². The van der Waals surface area contributed by atoms with Gasteiger partial charge in [-0.15, -0.1) is 0 Å². The van der Waals surface area contributed by atoms with Crippen molar-refractivity contribution in [2.75, 3.05) is 4.31 Å². The summed E-state index contributed by atoms with van der Waals surface area (Å²) in [5, 5.41) is 19.4. The lowest BCUT2D eigenvalue weighted by Crippen LogP contribution is -2.36. The summed E-state index contributed by atoms with van der Waals surface area (Å²) in [6, 6.07) is 9.39. The average Bonchev–Trinajstić information content (AvgIpc) is 2.85. The highest BCUT2D eigenvalue weighted by molar-refractivity contribution is 7.93. The van der Waals surface area contributed by atoms with Gasteiger partial charge in [0.25, 0.3) is 10.0 Å². The molecule has 126 valence electrons. The summed E-state index contributed by atoms with van der Waals surface area (Å²) in [6.07, 6.45) is 0.563. The van der Waals surface area contributed by atoms with Crippen molar-refractivity contribution < 1.29 is 23.4 Å². The molecule has 1 aliphatic heterocycles. The first-order valence-electron chi connectivity index (χ1n) is 7.42. The molecule has 7 heteroatoms. The number of hydrogen-bond donors (Lipinski definition) is 2. The van der Waals surface area contributed by atoms with Crippen LogP contribution in [0.4, 0.5) is 5.69 Å². The second-order valence-electron chi connectivity index (χ2n) is 5.95. The molecule has 1 heterocycles. The molecule has 24 heavy (non-hydrogen) atoms. The van der Waals surface area contributed by atoms with Gasteiger partial charge in [-0.25, -0.2) is 13.2 Å². The van der Waals surface area contributed by atoms with E-state index in [1.54, 1.807) is 26.0 Å². The third-order valence-electron chi connectivity index (χ3n) is 4.13. The van der Waals surface area contributed by atoms with Crippen molar-refractivity contribution in [1.29, 1.82) is 0 Å². The largest absolute Gasteiger partial charge is 0.506 e. The van der Waals surface area contributed by atoms with E-state index in [1.807, 2.05) is 12.1 Å². The van der Waals surface area contributed by atoms with Gasteiger partial charge in [-0.05, 0) is 49.6 Å². The van der Waals surface area contributed by atoms with Gasteiger partial charge < -0.3 is 10.2 Å². The fourth-order valence-electron chi connectivity index (χ4n) is 3.11. The van der Waals surface area contributed by atoms with Crippen molar-refractivity contribution in [3.05, 3.63) is 53.1 Å². The minimum Gasteiger partial charge on any atom is -0.506 e. The number of para-hydroxylation sites is 1. The minimum atomic E-state index is -4.09. The van der Waals surface area contributed by atoms with Gasteiger partial charge in [-0.1, -0.05) is 18.2 Å². The summed E-state index contributed by atoms with van der Waals surface area (Å²) in [7, 11) is -4.09. The van der Waals surface area contributed by atoms with Crippen LogP contribution in [0.3, 0.4) is 0 Å². The number of aromatic hydroxyl groups is 1. The molecule has 0 radical (unpaired) electrons. The van der Waals surface area contributed by atoms with Crippen LogP contribution in [0.2, 0.25) is 0 Å². The molecule has 2 aromatic carbocycles. The van der Waals surface area contributed by atoms with E-state index in [0.717, 1.165) is 5.56 Å². The number of rotatable bonds is 3. The number of aromatic carboxylic acids is 1. The van der Waals surface area contributed by atoms with Gasteiger partial charge in [0.15, 0.2) is 5.75 Å². The number of sulfonamides is 1. The van der Waals surface area contributed by atoms with Gasteiger partial charge in [0.2, 0.25) is 0 Å². The molecular formula is C17H17NO5S. The molecular weight excluding hydrogens is 330 g/mol. The van der Waals surface area contributed by atoms with Crippen molar-refractivity contribution in [3.63, 3.8) is 0 Å². The maximum Gasteiger partial charge on any atom is 0.339 e. The zero-order valence-electron chi connectivity index (χ0n) is 13.2. The number of carbonyl (C=O) groups is 1. The molecule has 0 spiro atoms. The number of hydrogen-bond acceptors (Lipinski definition) is 4. The number of nitrogens with zero attached hydrogens (tertiary/aromatic N) is 1. The summed E-state index contributed by atoms with van der Waals surface area (Å²) in [5.41, 5.74) is 1.49. The van der Waals surface area contributed by atoms with Crippen LogP contribution in [0.1, 0.15) is 28.4 Å². The summed E-state index contributed by atoms with van der Waals surface area (Å²) < 4.78 is 27.5. The van der Waals surface area contributed by atoms with Crippen LogP contribution in [0.15, 0.2) is 41.3 Å². The van der Waals surface area contributed by atoms with E-state index in [-0.39, 0.29) is 10.9 Å². The zero-order chi connectivity index (χ0) is 17.6. The third-order valence-corrected chi connectivity index (χ3v) is 6.07. The number of carboxylic acid groups (broad SMARTS) is 1. The van der Waals surface area contributed by atoms with Crippen LogP contribution in [0.5, 0.6) is 5.75 Å². The fourth-order valence-corrected chi connectivity index (χ4v) is 5.00. The number of phenols is 1. The number of aryl methyl sites for hydroxylation is 1. The Morgan fingerprint density at radius 1 is 1.25 bits per heavy atom. The molecule has 0 fully saturated rings. The van der Waals surface area contributed by atoms with Crippen molar-refractivity contribution in [3.8, 4) is 5.75 Å². The van der Waals surface area contributed by atoms with Gasteiger partial charge in [-0.2, -0.15) is 0 Å². The first kappa shape index (κ1) is 16.3. The Kier molecular flexibility index (Phi) is 3.76. The molecule has 0 aromatic heterocycles. The molecule has 0 saturated heterocycles. The molecule has 2 N–H and O–H groups in total. The predicted octanol–water partition coefficient (Wildman–Crippen LogP) is 2.54. The summed E-state index contributed by atoms with van der Waals surface area (Å²) in [6.45, 7) is 3.37. The quantitative estimate of drug-likeness (QED) is 0.890. The zero-order valence-corrected chi connectivity index (χ0v) is 14.0. The number of fused-ring (bicyclic) bond motifs is 1. The predicted molar refractivity (Wildman–Crippen MR) is 89.1 cm³/mol. The maximum absolute atomic E-state index is 13.1. The summed E-state index contributed by atoms with van der Waals surface area (Å²) in [4.78, 5) is 10.9. The number of benzene rings is 2. The Hall–Kier alpha value is -2.54. The van der Waals surface area contributed by atoms with Crippen LogP contribution < -0.4 is 4.31 Å². The van der Waals surface area contributed by atoms with Gasteiger partial charge in [-0.3, -0.25) is 4.31 Å². The molecule has 0 saturated carbocycles. The topological polar surface area (TPSA) is 94.9 Å². The smallest absolute Gasteiger partial charge is 0.339 e. The van der Waals surface area contributed by atoms with Crippen LogP contribution in [0.25, 0.3) is 0 Å². The third kappa shape index (κ3) is 2.41. The number of carboxylic acids is 1. The Bertz CT molecular complexity index is 936. The lowest BCUT2D eigenvalue weighted by atomic mass is 10.1. The van der Waals surface area contributed by atoms with Crippen molar-refractivity contribution in [1.82, 2.24) is 0 Å². The van der Waals surface area contributed by atoms with E-state index in [4.69, 9.17) is 0 Å². The normalized spacial score (nSPS) is 16.9. The van der Waals surface area contributed by atoms with Crippen molar-refractivity contribution in [2.24, 2.45) is 0 Å². The Morgan fingerprint density at radius 3 is 2.58 bits per heavy atom. The summed E-state index contributed by atoms with van der Waals surface area (Å²) in [5.74, 6) is -2.10. The van der Waals surface area contributed by atoms with Crippen LogP contribution in [-0.2, 0) is 16.4 Å². The molecule has 2 aromatic rings. The highest BCUT2D eigenvalue weighted by Gasteiger charge is 2.38. The Morgan fingerprint density at radius 2 is 1.92 bits per heavy atom. The van der Waals surface area contributed by atoms with Gasteiger partial charge in [0, 0.05) is 6.04 Å².